The van der Waals surface area contributed by atoms with E-state index in [9.17, 15) is 0 Å². The van der Waals surface area contributed by atoms with Gasteiger partial charge in [-0.05, 0) is 18.6 Å². The van der Waals surface area contributed by atoms with Crippen LogP contribution >= 0.6 is 11.6 Å². The Labute approximate surface area is 141 Å². The maximum Gasteiger partial charge on any atom is 0.0714 e. The number of nitrogens with zero attached hydrogens (tertiary/aromatic N) is 2. The van der Waals surface area contributed by atoms with E-state index in [4.69, 9.17) is 21.1 Å². The van der Waals surface area contributed by atoms with E-state index in [1.165, 1.54) is 0 Å². The Morgan fingerprint density at radius 2 is 2.26 bits per heavy atom. The van der Waals surface area contributed by atoms with E-state index in [1.54, 1.807) is 14.2 Å². The summed E-state index contributed by atoms with van der Waals surface area (Å²) in [6.45, 7) is 2.43. The van der Waals surface area contributed by atoms with E-state index in [-0.39, 0.29) is 6.10 Å². The summed E-state index contributed by atoms with van der Waals surface area (Å²) in [7, 11) is 3.51. The molecule has 0 aliphatic carbocycles. The van der Waals surface area contributed by atoms with Gasteiger partial charge in [0.05, 0.1) is 24.6 Å². The van der Waals surface area contributed by atoms with Crippen LogP contribution in [-0.2, 0) is 16.0 Å². The third kappa shape index (κ3) is 3.75. The number of hydrogen-bond donors (Lipinski definition) is 1. The van der Waals surface area contributed by atoms with Crippen molar-refractivity contribution in [2.45, 2.75) is 25.1 Å². The zero-order valence-electron chi connectivity index (χ0n) is 13.5. The molecular weight excluding hydrogens is 314 g/mol. The Balaban J connectivity index is 1.79. The second kappa shape index (κ2) is 7.45. The highest BCUT2D eigenvalue weighted by Crippen LogP contribution is 2.28. The highest BCUT2D eigenvalue weighted by atomic mass is 35.5. The minimum absolute atomic E-state index is 0.261. The van der Waals surface area contributed by atoms with Gasteiger partial charge in [-0.1, -0.05) is 23.7 Å². The predicted octanol–water partition coefficient (Wildman–Crippen LogP) is 2.97. The van der Waals surface area contributed by atoms with E-state index >= 15 is 0 Å². The van der Waals surface area contributed by atoms with Crippen molar-refractivity contribution < 1.29 is 9.47 Å². The molecule has 5 nitrogen and oxygen atoms in total. The van der Waals surface area contributed by atoms with Gasteiger partial charge in [0.15, 0.2) is 0 Å². The molecular formula is C17H22ClN3O2. The van der Waals surface area contributed by atoms with Crippen molar-refractivity contribution in [2.24, 2.45) is 0 Å². The van der Waals surface area contributed by atoms with Gasteiger partial charge >= 0.3 is 0 Å². The molecule has 2 aromatic rings. The topological polar surface area (TPSA) is 50.4 Å². The third-order valence-corrected chi connectivity index (χ3v) is 4.62. The van der Waals surface area contributed by atoms with Gasteiger partial charge in [-0.15, -0.1) is 0 Å². The quantitative estimate of drug-likeness (QED) is 0.881. The Kier molecular flexibility index (Phi) is 5.33. The van der Waals surface area contributed by atoms with Crippen LogP contribution in [0.2, 0.25) is 5.02 Å². The standard InChI is InChI=1S/C17H22ClN3O2/c1-22-11-15-7-16(23-2)10-21(15)9-13-8-19-20-17(13)12-4-3-5-14(18)6-12/h3-6,8,15-16H,7,9-11H2,1-2H3,(H,19,20)/t15-,16+/m0/s1. The number of ether oxygens (including phenoxy) is 2. The molecule has 0 radical (unpaired) electrons. The predicted molar refractivity (Wildman–Crippen MR) is 90.5 cm³/mol. The second-order valence-corrected chi connectivity index (χ2v) is 6.35. The molecule has 0 unspecified atom stereocenters. The van der Waals surface area contributed by atoms with E-state index in [1.807, 2.05) is 30.5 Å². The number of benzene rings is 1. The van der Waals surface area contributed by atoms with Gasteiger partial charge in [-0.25, -0.2) is 0 Å². The van der Waals surface area contributed by atoms with Gasteiger partial charge in [0.1, 0.15) is 0 Å². The molecule has 124 valence electrons. The fraction of sp³-hybridized carbons (Fsp3) is 0.471. The van der Waals surface area contributed by atoms with Gasteiger partial charge in [-0.3, -0.25) is 10.00 Å². The van der Waals surface area contributed by atoms with Crippen LogP contribution < -0.4 is 0 Å². The zero-order chi connectivity index (χ0) is 16.2. The van der Waals surface area contributed by atoms with Crippen molar-refractivity contribution >= 4 is 11.6 Å². The van der Waals surface area contributed by atoms with Crippen molar-refractivity contribution in [1.82, 2.24) is 15.1 Å². The van der Waals surface area contributed by atoms with Crippen LogP contribution in [0.15, 0.2) is 30.5 Å². The lowest BCUT2D eigenvalue weighted by molar-refractivity contribution is 0.106. The summed E-state index contributed by atoms with van der Waals surface area (Å²) in [6, 6.07) is 8.18. The zero-order valence-corrected chi connectivity index (χ0v) is 14.2. The highest BCUT2D eigenvalue weighted by Gasteiger charge is 2.32. The SMILES string of the molecule is COC[C@@H]1C[C@@H](OC)CN1Cc1cn[nH]c1-c1cccc(Cl)c1. The number of H-pyrrole nitrogens is 1. The summed E-state index contributed by atoms with van der Waals surface area (Å²) in [5.41, 5.74) is 3.23. The van der Waals surface area contributed by atoms with E-state index in [0.717, 1.165) is 41.4 Å². The van der Waals surface area contributed by atoms with Crippen LogP contribution in [0.25, 0.3) is 11.3 Å². The molecule has 2 heterocycles. The number of aromatic nitrogens is 2. The Morgan fingerprint density at radius 3 is 3.00 bits per heavy atom. The molecule has 0 amide bonds. The molecule has 0 saturated carbocycles. The Hall–Kier alpha value is -1.40. The average molecular weight is 336 g/mol. The van der Waals surface area contributed by atoms with Crippen molar-refractivity contribution in [3.8, 4) is 11.3 Å². The average Bonchev–Trinajstić information content (AvgIpc) is 3.15. The minimum atomic E-state index is 0.261. The number of aromatic amines is 1. The van der Waals surface area contributed by atoms with Crippen LogP contribution in [0, 0.1) is 0 Å². The Bertz CT molecular complexity index is 646. The summed E-state index contributed by atoms with van der Waals surface area (Å²) in [6.07, 6.45) is 3.14. The van der Waals surface area contributed by atoms with Crippen LogP contribution in [0.5, 0.6) is 0 Å². The van der Waals surface area contributed by atoms with Crippen molar-refractivity contribution in [3.05, 3.63) is 41.0 Å². The van der Waals surface area contributed by atoms with Crippen molar-refractivity contribution in [3.63, 3.8) is 0 Å². The normalized spacial score (nSPS) is 21.9. The lowest BCUT2D eigenvalue weighted by atomic mass is 10.1. The maximum atomic E-state index is 6.11. The number of rotatable bonds is 6. The molecule has 6 heteroatoms. The van der Waals surface area contributed by atoms with Gasteiger partial charge < -0.3 is 9.47 Å². The van der Waals surface area contributed by atoms with Crippen molar-refractivity contribution in [2.75, 3.05) is 27.4 Å². The number of halogens is 1. The molecule has 1 aliphatic rings. The highest BCUT2D eigenvalue weighted by molar-refractivity contribution is 6.30. The lowest BCUT2D eigenvalue weighted by Crippen LogP contribution is -2.32. The number of nitrogens with one attached hydrogen (secondary N) is 1. The molecule has 23 heavy (non-hydrogen) atoms. The molecule has 0 spiro atoms. The summed E-state index contributed by atoms with van der Waals surface area (Å²) in [5.74, 6) is 0. The number of methoxy groups -OCH3 is 2. The smallest absolute Gasteiger partial charge is 0.0714 e. The van der Waals surface area contributed by atoms with Crippen LogP contribution in [0.4, 0.5) is 0 Å². The minimum Gasteiger partial charge on any atom is -0.383 e. The van der Waals surface area contributed by atoms with E-state index in [2.05, 4.69) is 15.1 Å². The third-order valence-electron chi connectivity index (χ3n) is 4.39. The molecule has 1 aromatic heterocycles. The number of likely N-dealkylation sites (tertiary alicyclic amines) is 1. The monoisotopic (exact) mass is 335 g/mol. The largest absolute Gasteiger partial charge is 0.383 e. The lowest BCUT2D eigenvalue weighted by Gasteiger charge is -2.23. The number of hydrogen-bond acceptors (Lipinski definition) is 4. The molecule has 1 fully saturated rings. The Morgan fingerprint density at radius 1 is 1.39 bits per heavy atom. The first-order valence-corrected chi connectivity index (χ1v) is 8.13. The summed E-state index contributed by atoms with van der Waals surface area (Å²) < 4.78 is 10.9. The van der Waals surface area contributed by atoms with Gasteiger partial charge in [-0.2, -0.15) is 5.10 Å². The molecule has 0 bridgehead atoms. The summed E-state index contributed by atoms with van der Waals surface area (Å²) in [4.78, 5) is 2.40. The molecule has 1 aromatic carbocycles. The van der Waals surface area contributed by atoms with E-state index < -0.39 is 0 Å². The fourth-order valence-electron chi connectivity index (χ4n) is 3.21. The summed E-state index contributed by atoms with van der Waals surface area (Å²) in [5, 5.41) is 8.04. The van der Waals surface area contributed by atoms with Gasteiger partial charge in [0.2, 0.25) is 0 Å². The van der Waals surface area contributed by atoms with E-state index in [0.29, 0.717) is 12.6 Å². The maximum absolute atomic E-state index is 6.11. The molecule has 1 saturated heterocycles. The van der Waals surface area contributed by atoms with Crippen LogP contribution in [0.1, 0.15) is 12.0 Å². The van der Waals surface area contributed by atoms with Gasteiger partial charge in [0, 0.05) is 49.5 Å². The van der Waals surface area contributed by atoms with Gasteiger partial charge in [0.25, 0.3) is 0 Å². The molecule has 3 rings (SSSR count). The molecule has 1 aliphatic heterocycles. The fourth-order valence-corrected chi connectivity index (χ4v) is 3.40. The van der Waals surface area contributed by atoms with Crippen LogP contribution in [-0.4, -0.2) is 54.6 Å². The molecule has 1 N–H and O–H groups in total. The first-order valence-electron chi connectivity index (χ1n) is 7.75. The summed E-state index contributed by atoms with van der Waals surface area (Å²) >= 11 is 6.11. The van der Waals surface area contributed by atoms with Crippen molar-refractivity contribution in [1.29, 1.82) is 0 Å². The van der Waals surface area contributed by atoms with Crippen LogP contribution in [0.3, 0.4) is 0 Å². The molecule has 2 atom stereocenters. The first kappa shape index (κ1) is 16.5. The first-order chi connectivity index (χ1) is 11.2. The second-order valence-electron chi connectivity index (χ2n) is 5.91.